The van der Waals surface area contributed by atoms with Gasteiger partial charge in [0.2, 0.25) is 0 Å². The van der Waals surface area contributed by atoms with Gasteiger partial charge in [-0.25, -0.2) is 0 Å². The van der Waals surface area contributed by atoms with Crippen molar-refractivity contribution in [3.8, 4) is 0 Å². The first-order valence-electron chi connectivity index (χ1n) is 6.72. The summed E-state index contributed by atoms with van der Waals surface area (Å²) in [7, 11) is 0. The lowest BCUT2D eigenvalue weighted by Gasteiger charge is -2.28. The molecule has 0 saturated carbocycles. The molecule has 2 aromatic carbocycles. The van der Waals surface area contributed by atoms with Gasteiger partial charge in [-0.2, -0.15) is 0 Å². The molecule has 1 unspecified atom stereocenters. The van der Waals surface area contributed by atoms with Gasteiger partial charge in [-0.05, 0) is 23.3 Å². The van der Waals surface area contributed by atoms with E-state index in [9.17, 15) is 15.3 Å². The molecule has 2 aromatic rings. The van der Waals surface area contributed by atoms with Gasteiger partial charge in [-0.3, -0.25) is 0 Å². The Balaban J connectivity index is 2.11. The maximum atomic E-state index is 10.9. The standard InChI is InChI=1S/C16H18O4/c1-10(17)14-15(18)16(19,9-20-14)13-8-4-6-11-5-2-3-7-12(11)13/h2-8,10,14-15,17-19H,9H2,1H3/t10?,14-,15-,16-/m1/s1. The topological polar surface area (TPSA) is 69.9 Å². The van der Waals surface area contributed by atoms with Crippen molar-refractivity contribution >= 4 is 10.8 Å². The van der Waals surface area contributed by atoms with Gasteiger partial charge in [-0.1, -0.05) is 42.5 Å². The number of hydrogen-bond acceptors (Lipinski definition) is 4. The molecule has 0 aromatic heterocycles. The summed E-state index contributed by atoms with van der Waals surface area (Å²) in [6.07, 6.45) is -2.78. The number of hydrogen-bond donors (Lipinski definition) is 3. The summed E-state index contributed by atoms with van der Waals surface area (Å²) in [4.78, 5) is 0. The number of benzene rings is 2. The first-order valence-corrected chi connectivity index (χ1v) is 6.72. The second-order valence-electron chi connectivity index (χ2n) is 5.41. The van der Waals surface area contributed by atoms with E-state index in [1.54, 1.807) is 13.0 Å². The number of aliphatic hydroxyl groups is 3. The minimum absolute atomic E-state index is 0.0300. The highest BCUT2D eigenvalue weighted by Gasteiger charge is 2.51. The van der Waals surface area contributed by atoms with Gasteiger partial charge in [0.25, 0.3) is 0 Å². The Bertz CT molecular complexity index is 619. The van der Waals surface area contributed by atoms with Crippen molar-refractivity contribution in [1.29, 1.82) is 0 Å². The number of fused-ring (bicyclic) bond motifs is 1. The van der Waals surface area contributed by atoms with Crippen LogP contribution in [0.1, 0.15) is 12.5 Å². The van der Waals surface area contributed by atoms with Crippen LogP contribution in [-0.4, -0.2) is 40.2 Å². The van der Waals surface area contributed by atoms with Crippen molar-refractivity contribution in [1.82, 2.24) is 0 Å². The van der Waals surface area contributed by atoms with Crippen LogP contribution >= 0.6 is 0 Å². The van der Waals surface area contributed by atoms with Crippen LogP contribution in [0.5, 0.6) is 0 Å². The normalized spacial score (nSPS) is 31.6. The lowest BCUT2D eigenvalue weighted by molar-refractivity contribution is -0.0714. The molecule has 106 valence electrons. The number of rotatable bonds is 2. The average Bonchev–Trinajstić information content (AvgIpc) is 2.75. The summed E-state index contributed by atoms with van der Waals surface area (Å²) in [5, 5.41) is 32.7. The molecule has 1 fully saturated rings. The Labute approximate surface area is 117 Å². The van der Waals surface area contributed by atoms with Gasteiger partial charge < -0.3 is 20.1 Å². The van der Waals surface area contributed by atoms with Crippen LogP contribution in [0.15, 0.2) is 42.5 Å². The molecule has 0 bridgehead atoms. The summed E-state index contributed by atoms with van der Waals surface area (Å²) in [6.45, 7) is 1.51. The highest BCUT2D eigenvalue weighted by molar-refractivity contribution is 5.86. The highest BCUT2D eigenvalue weighted by Crippen LogP contribution is 2.38. The van der Waals surface area contributed by atoms with Gasteiger partial charge in [0.15, 0.2) is 0 Å². The SMILES string of the molecule is CC(O)[C@H]1OC[C@@](O)(c2cccc3ccccc23)[C@@H]1O. The Morgan fingerprint density at radius 1 is 1.20 bits per heavy atom. The van der Waals surface area contributed by atoms with Gasteiger partial charge >= 0.3 is 0 Å². The zero-order valence-corrected chi connectivity index (χ0v) is 11.2. The van der Waals surface area contributed by atoms with E-state index in [2.05, 4.69) is 0 Å². The smallest absolute Gasteiger partial charge is 0.142 e. The van der Waals surface area contributed by atoms with Crippen LogP contribution in [0.3, 0.4) is 0 Å². The van der Waals surface area contributed by atoms with Crippen molar-refractivity contribution in [2.45, 2.75) is 30.8 Å². The number of aliphatic hydroxyl groups excluding tert-OH is 2. The van der Waals surface area contributed by atoms with E-state index in [0.717, 1.165) is 10.8 Å². The zero-order valence-electron chi connectivity index (χ0n) is 11.2. The second-order valence-corrected chi connectivity index (χ2v) is 5.41. The molecule has 0 amide bonds. The molecule has 1 saturated heterocycles. The quantitative estimate of drug-likeness (QED) is 0.769. The molecule has 1 aliphatic rings. The van der Waals surface area contributed by atoms with Crippen molar-refractivity contribution < 1.29 is 20.1 Å². The Morgan fingerprint density at radius 2 is 1.90 bits per heavy atom. The molecule has 0 spiro atoms. The Kier molecular flexibility index (Phi) is 3.26. The monoisotopic (exact) mass is 274 g/mol. The summed E-state index contributed by atoms with van der Waals surface area (Å²) in [6, 6.07) is 13.3. The highest BCUT2D eigenvalue weighted by atomic mass is 16.5. The van der Waals surface area contributed by atoms with Crippen molar-refractivity contribution in [3.63, 3.8) is 0 Å². The lowest BCUT2D eigenvalue weighted by Crippen LogP contribution is -2.44. The van der Waals surface area contributed by atoms with Gasteiger partial charge in [0.1, 0.15) is 17.8 Å². The predicted molar refractivity (Wildman–Crippen MR) is 75.3 cm³/mol. The molecule has 0 radical (unpaired) electrons. The molecule has 4 nitrogen and oxygen atoms in total. The molecule has 20 heavy (non-hydrogen) atoms. The lowest BCUT2D eigenvalue weighted by atomic mass is 9.84. The summed E-state index contributed by atoms with van der Waals surface area (Å²) < 4.78 is 5.40. The maximum Gasteiger partial charge on any atom is 0.142 e. The van der Waals surface area contributed by atoms with Crippen LogP contribution in [0.25, 0.3) is 10.8 Å². The molecule has 0 aliphatic carbocycles. The van der Waals surface area contributed by atoms with Crippen LogP contribution in [0.4, 0.5) is 0 Å². The fraction of sp³-hybridized carbons (Fsp3) is 0.375. The van der Waals surface area contributed by atoms with Crippen LogP contribution in [0.2, 0.25) is 0 Å². The summed E-state index contributed by atoms with van der Waals surface area (Å²) in [5.41, 5.74) is -0.867. The minimum Gasteiger partial charge on any atom is -0.391 e. The predicted octanol–water partition coefficient (Wildman–Crippen LogP) is 1.17. The van der Waals surface area contributed by atoms with Crippen LogP contribution in [0, 0.1) is 0 Å². The van der Waals surface area contributed by atoms with E-state index in [0.29, 0.717) is 5.56 Å². The van der Waals surface area contributed by atoms with E-state index < -0.39 is 23.9 Å². The molecule has 1 aliphatic heterocycles. The third-order valence-corrected chi connectivity index (χ3v) is 4.03. The average molecular weight is 274 g/mol. The Hall–Kier alpha value is -1.46. The van der Waals surface area contributed by atoms with E-state index >= 15 is 0 Å². The van der Waals surface area contributed by atoms with E-state index in [-0.39, 0.29) is 6.61 Å². The minimum atomic E-state index is -1.50. The fourth-order valence-corrected chi connectivity index (χ4v) is 2.91. The summed E-state index contributed by atoms with van der Waals surface area (Å²) >= 11 is 0. The van der Waals surface area contributed by atoms with Gasteiger partial charge in [0, 0.05) is 0 Å². The van der Waals surface area contributed by atoms with Gasteiger partial charge in [-0.15, -0.1) is 0 Å². The van der Waals surface area contributed by atoms with E-state index in [4.69, 9.17) is 4.74 Å². The fourth-order valence-electron chi connectivity index (χ4n) is 2.91. The van der Waals surface area contributed by atoms with Crippen molar-refractivity contribution in [2.75, 3.05) is 6.61 Å². The van der Waals surface area contributed by atoms with Crippen LogP contribution < -0.4 is 0 Å². The van der Waals surface area contributed by atoms with Crippen LogP contribution in [-0.2, 0) is 10.3 Å². The molecule has 3 N–H and O–H groups in total. The Morgan fingerprint density at radius 3 is 2.60 bits per heavy atom. The molecule has 1 heterocycles. The third kappa shape index (κ3) is 1.93. The zero-order chi connectivity index (χ0) is 14.3. The first kappa shape index (κ1) is 13.5. The summed E-state index contributed by atoms with van der Waals surface area (Å²) in [5.74, 6) is 0. The molecular weight excluding hydrogens is 256 g/mol. The van der Waals surface area contributed by atoms with Gasteiger partial charge in [0.05, 0.1) is 12.7 Å². The second kappa shape index (κ2) is 4.82. The molecule has 3 rings (SSSR count). The molecular formula is C16H18O4. The van der Waals surface area contributed by atoms with E-state index in [1.807, 2.05) is 36.4 Å². The number of ether oxygens (including phenoxy) is 1. The van der Waals surface area contributed by atoms with E-state index in [1.165, 1.54) is 0 Å². The largest absolute Gasteiger partial charge is 0.391 e. The molecule has 4 atom stereocenters. The van der Waals surface area contributed by atoms with Crippen molar-refractivity contribution in [2.24, 2.45) is 0 Å². The third-order valence-electron chi connectivity index (χ3n) is 4.03. The maximum absolute atomic E-state index is 10.9. The first-order chi connectivity index (χ1) is 9.54. The van der Waals surface area contributed by atoms with Crippen molar-refractivity contribution in [3.05, 3.63) is 48.0 Å². The molecule has 4 heteroatoms.